The third-order valence-electron chi connectivity index (χ3n) is 2.10. The first-order chi connectivity index (χ1) is 8.85. The summed E-state index contributed by atoms with van der Waals surface area (Å²) in [4.78, 5) is 19.3. The summed E-state index contributed by atoms with van der Waals surface area (Å²) in [6, 6.07) is 1.64. The van der Waals surface area contributed by atoms with Crippen LogP contribution in [0.4, 0.5) is 11.4 Å². The van der Waals surface area contributed by atoms with Crippen molar-refractivity contribution in [2.45, 2.75) is 10.2 Å². The molecule has 0 aromatic carbocycles. The van der Waals surface area contributed by atoms with Crippen LogP contribution in [0, 0.1) is 20.2 Å². The molecule has 0 bridgehead atoms. The molecule has 2 aromatic rings. The fraction of sp³-hybridized carbons (Fsp3) is 0. The van der Waals surface area contributed by atoms with Crippen molar-refractivity contribution in [2.75, 3.05) is 0 Å². The Morgan fingerprint density at radius 2 is 1.26 bits per heavy atom. The normalized spacial score (nSPS) is 11.4. The highest BCUT2D eigenvalue weighted by molar-refractivity contribution is 7.91. The second-order valence-electron chi connectivity index (χ2n) is 3.20. The van der Waals surface area contributed by atoms with E-state index in [1.807, 2.05) is 0 Å². The van der Waals surface area contributed by atoms with Crippen LogP contribution in [0.1, 0.15) is 0 Å². The van der Waals surface area contributed by atoms with Gasteiger partial charge in [0, 0.05) is 0 Å². The lowest BCUT2D eigenvalue weighted by Gasteiger charge is -1.96. The number of hydrogen-bond acceptors (Lipinski definition) is 8. The van der Waals surface area contributed by atoms with E-state index in [2.05, 4.69) is 8.83 Å². The maximum atomic E-state index is 12.0. The molecule has 2 rings (SSSR count). The van der Waals surface area contributed by atoms with E-state index in [1.54, 1.807) is 0 Å². The molecule has 11 heteroatoms. The number of nitro groups is 2. The van der Waals surface area contributed by atoms with Gasteiger partial charge in [0.05, 0.1) is 34.5 Å². The largest absolute Gasteiger partial charge is 0.447 e. The molecule has 100 valence electrons. The molecule has 2 aromatic heterocycles. The van der Waals surface area contributed by atoms with Crippen molar-refractivity contribution in [3.8, 4) is 0 Å². The van der Waals surface area contributed by atoms with Gasteiger partial charge in [-0.2, -0.15) is 0 Å². The summed E-state index contributed by atoms with van der Waals surface area (Å²) in [5, 5.41) is 19.2. The van der Waals surface area contributed by atoms with E-state index in [0.717, 1.165) is 24.7 Å². The van der Waals surface area contributed by atoms with Crippen LogP contribution >= 0.6 is 0 Å². The Kier molecular flexibility index (Phi) is 2.82. The lowest BCUT2D eigenvalue weighted by molar-refractivity contribution is -0.389. The fourth-order valence-corrected chi connectivity index (χ4v) is 2.70. The number of sulfone groups is 1. The molecule has 0 aliphatic carbocycles. The molecule has 19 heavy (non-hydrogen) atoms. The first-order valence-electron chi connectivity index (χ1n) is 4.54. The van der Waals surface area contributed by atoms with Crippen molar-refractivity contribution >= 4 is 21.2 Å². The van der Waals surface area contributed by atoms with Gasteiger partial charge in [-0.25, -0.2) is 8.42 Å². The van der Waals surface area contributed by atoms with Gasteiger partial charge >= 0.3 is 21.6 Å². The van der Waals surface area contributed by atoms with Gasteiger partial charge in [0.1, 0.15) is 0 Å². The number of furan rings is 2. The van der Waals surface area contributed by atoms with Crippen LogP contribution in [0.15, 0.2) is 43.7 Å². The fourth-order valence-electron chi connectivity index (χ4n) is 1.33. The minimum Gasteiger partial charge on any atom is -0.447 e. The van der Waals surface area contributed by atoms with Gasteiger partial charge < -0.3 is 8.83 Å². The third kappa shape index (κ3) is 1.95. The summed E-state index contributed by atoms with van der Waals surface area (Å²) in [7, 11) is -4.62. The molecular weight excluding hydrogens is 284 g/mol. The first-order valence-corrected chi connectivity index (χ1v) is 6.03. The molecule has 0 spiro atoms. The number of hydrogen-bond donors (Lipinski definition) is 0. The molecule has 0 aliphatic rings. The lowest BCUT2D eigenvalue weighted by Crippen LogP contribution is -2.05. The van der Waals surface area contributed by atoms with E-state index in [4.69, 9.17) is 0 Å². The monoisotopic (exact) mass is 288 g/mol. The Morgan fingerprint density at radius 1 is 0.895 bits per heavy atom. The Bertz CT molecular complexity index is 697. The average molecular weight is 288 g/mol. The second kappa shape index (κ2) is 4.20. The zero-order chi connectivity index (χ0) is 14.2. The SMILES string of the molecule is O=[N+]([O-])c1ccoc1S(=O)(=O)c1occc1[N+](=O)[O-]. The van der Waals surface area contributed by atoms with Crippen molar-refractivity contribution in [3.63, 3.8) is 0 Å². The van der Waals surface area contributed by atoms with Gasteiger partial charge in [0.25, 0.3) is 9.84 Å². The summed E-state index contributed by atoms with van der Waals surface area (Å²) >= 11 is 0. The second-order valence-corrected chi connectivity index (χ2v) is 4.95. The topological polar surface area (TPSA) is 147 Å². The predicted octanol–water partition coefficient (Wildman–Crippen LogP) is 1.52. The minimum absolute atomic E-state index is 0.791. The van der Waals surface area contributed by atoms with Crippen LogP contribution in [-0.2, 0) is 9.84 Å². The maximum absolute atomic E-state index is 12.0. The van der Waals surface area contributed by atoms with Crippen molar-refractivity contribution < 1.29 is 27.1 Å². The van der Waals surface area contributed by atoms with Crippen LogP contribution in [0.3, 0.4) is 0 Å². The Hall–Kier alpha value is -2.69. The molecule has 0 saturated heterocycles. The Labute approximate surface area is 104 Å². The van der Waals surface area contributed by atoms with E-state index in [1.165, 1.54) is 0 Å². The third-order valence-corrected chi connectivity index (χ3v) is 3.69. The van der Waals surface area contributed by atoms with Gasteiger partial charge in [-0.3, -0.25) is 20.2 Å². The molecule has 0 radical (unpaired) electrons. The van der Waals surface area contributed by atoms with E-state index < -0.39 is 41.2 Å². The molecule has 0 N–H and O–H groups in total. The smallest absolute Gasteiger partial charge is 0.327 e. The lowest BCUT2D eigenvalue weighted by atomic mass is 10.5. The highest BCUT2D eigenvalue weighted by atomic mass is 32.2. The van der Waals surface area contributed by atoms with Gasteiger partial charge in [-0.05, 0) is 0 Å². The number of rotatable bonds is 4. The summed E-state index contributed by atoms with van der Waals surface area (Å²) in [5.41, 5.74) is -1.66. The summed E-state index contributed by atoms with van der Waals surface area (Å²) in [5.74, 6) is 0. The zero-order valence-electron chi connectivity index (χ0n) is 8.88. The maximum Gasteiger partial charge on any atom is 0.327 e. The van der Waals surface area contributed by atoms with Crippen LogP contribution in [0.2, 0.25) is 0 Å². The molecule has 0 fully saturated rings. The highest BCUT2D eigenvalue weighted by Crippen LogP contribution is 2.34. The van der Waals surface area contributed by atoms with E-state index >= 15 is 0 Å². The Balaban J connectivity index is 2.66. The molecule has 0 unspecified atom stereocenters. The summed E-state index contributed by atoms with van der Waals surface area (Å²) in [6.07, 6.45) is 1.58. The molecule has 0 atom stereocenters. The Morgan fingerprint density at radius 3 is 1.58 bits per heavy atom. The molecule has 0 aliphatic heterocycles. The first kappa shape index (κ1) is 12.8. The van der Waals surface area contributed by atoms with E-state index in [9.17, 15) is 28.6 Å². The highest BCUT2D eigenvalue weighted by Gasteiger charge is 2.39. The van der Waals surface area contributed by atoms with E-state index in [-0.39, 0.29) is 0 Å². The minimum atomic E-state index is -4.62. The number of nitrogens with zero attached hydrogens (tertiary/aromatic N) is 2. The molecule has 2 heterocycles. The molecular formula is C8H4N2O8S. The van der Waals surface area contributed by atoms with Crippen LogP contribution in [-0.4, -0.2) is 18.3 Å². The van der Waals surface area contributed by atoms with Gasteiger partial charge in [-0.1, -0.05) is 0 Å². The van der Waals surface area contributed by atoms with Crippen molar-refractivity contribution in [2.24, 2.45) is 0 Å². The van der Waals surface area contributed by atoms with Gasteiger partial charge in [0.15, 0.2) is 0 Å². The predicted molar refractivity (Wildman–Crippen MR) is 56.2 cm³/mol. The zero-order valence-corrected chi connectivity index (χ0v) is 9.69. The van der Waals surface area contributed by atoms with Gasteiger partial charge in [-0.15, -0.1) is 0 Å². The van der Waals surface area contributed by atoms with Crippen molar-refractivity contribution in [1.82, 2.24) is 0 Å². The standard InChI is InChI=1S/C8H4N2O8S/c11-9(12)5-1-3-17-7(5)19(15,16)8-6(10(13)14)2-4-18-8/h1-4H. The molecule has 0 saturated carbocycles. The van der Waals surface area contributed by atoms with Crippen LogP contribution in [0.25, 0.3) is 0 Å². The summed E-state index contributed by atoms with van der Waals surface area (Å²) in [6.45, 7) is 0. The van der Waals surface area contributed by atoms with Crippen LogP contribution in [0.5, 0.6) is 0 Å². The van der Waals surface area contributed by atoms with Gasteiger partial charge in [0.2, 0.25) is 0 Å². The summed E-state index contributed by atoms with van der Waals surface area (Å²) < 4.78 is 33.1. The molecule has 0 amide bonds. The van der Waals surface area contributed by atoms with E-state index in [0.29, 0.717) is 0 Å². The van der Waals surface area contributed by atoms with Crippen molar-refractivity contribution in [1.29, 1.82) is 0 Å². The van der Waals surface area contributed by atoms with Crippen molar-refractivity contribution in [3.05, 3.63) is 44.9 Å². The quantitative estimate of drug-likeness (QED) is 0.607. The van der Waals surface area contributed by atoms with Crippen LogP contribution < -0.4 is 0 Å². The molecule has 10 nitrogen and oxygen atoms in total. The average Bonchev–Trinajstić information content (AvgIpc) is 2.98.